The van der Waals surface area contributed by atoms with Gasteiger partial charge in [-0.15, -0.1) is 0 Å². The topological polar surface area (TPSA) is 32.3 Å². The number of rotatable bonds is 6. The number of hydrogen-bond acceptors (Lipinski definition) is 2. The molecule has 0 spiro atoms. The first-order chi connectivity index (χ1) is 8.72. The zero-order valence-electron chi connectivity index (χ0n) is 12.0. The van der Waals surface area contributed by atoms with Gasteiger partial charge in [-0.25, -0.2) is 0 Å². The average Bonchev–Trinajstić information content (AvgIpc) is 3.19. The highest BCUT2D eigenvalue weighted by Crippen LogP contribution is 2.28. The molecule has 1 aliphatic carbocycles. The Bertz CT molecular complexity index is 276. The molecular weight excluding hydrogens is 224 g/mol. The van der Waals surface area contributed by atoms with E-state index in [-0.39, 0.29) is 0 Å². The number of carbonyl (C=O) groups is 1. The molecule has 2 fully saturated rings. The number of likely N-dealkylation sites (tertiary alicyclic amines) is 1. The van der Waals surface area contributed by atoms with Gasteiger partial charge in [0.05, 0.1) is 0 Å². The molecule has 1 amide bonds. The van der Waals surface area contributed by atoms with E-state index in [0.717, 1.165) is 25.6 Å². The SMILES string of the molecule is CCCC1CC(NCC2CC2)CN(C(=O)CC)C1. The molecule has 1 N–H and O–H groups in total. The molecule has 3 nitrogen and oxygen atoms in total. The molecule has 2 atom stereocenters. The van der Waals surface area contributed by atoms with Crippen molar-refractivity contribution >= 4 is 5.91 Å². The van der Waals surface area contributed by atoms with Crippen LogP contribution in [0.3, 0.4) is 0 Å². The Labute approximate surface area is 111 Å². The minimum absolute atomic E-state index is 0.328. The van der Waals surface area contributed by atoms with E-state index < -0.39 is 0 Å². The van der Waals surface area contributed by atoms with E-state index in [4.69, 9.17) is 0 Å². The number of piperidine rings is 1. The second-order valence-corrected chi connectivity index (χ2v) is 6.09. The fourth-order valence-corrected chi connectivity index (χ4v) is 3.05. The van der Waals surface area contributed by atoms with Crippen LogP contribution in [0.1, 0.15) is 52.4 Å². The van der Waals surface area contributed by atoms with E-state index in [1.807, 2.05) is 6.92 Å². The van der Waals surface area contributed by atoms with Gasteiger partial charge in [0.2, 0.25) is 5.91 Å². The van der Waals surface area contributed by atoms with Crippen molar-refractivity contribution in [2.75, 3.05) is 19.6 Å². The largest absolute Gasteiger partial charge is 0.341 e. The van der Waals surface area contributed by atoms with Crippen molar-refractivity contribution in [1.29, 1.82) is 0 Å². The zero-order valence-corrected chi connectivity index (χ0v) is 12.0. The van der Waals surface area contributed by atoms with E-state index in [1.165, 1.54) is 32.1 Å². The van der Waals surface area contributed by atoms with Crippen LogP contribution in [0.25, 0.3) is 0 Å². The van der Waals surface area contributed by atoms with Gasteiger partial charge in [0, 0.05) is 25.6 Å². The molecule has 0 aromatic rings. The van der Waals surface area contributed by atoms with Gasteiger partial charge in [-0.3, -0.25) is 4.79 Å². The van der Waals surface area contributed by atoms with Crippen LogP contribution < -0.4 is 5.32 Å². The van der Waals surface area contributed by atoms with Gasteiger partial charge in [0.1, 0.15) is 0 Å². The van der Waals surface area contributed by atoms with Crippen molar-refractivity contribution in [3.05, 3.63) is 0 Å². The Kier molecular flexibility index (Phi) is 5.04. The molecule has 0 radical (unpaired) electrons. The minimum Gasteiger partial charge on any atom is -0.341 e. The van der Waals surface area contributed by atoms with E-state index in [0.29, 0.717) is 24.3 Å². The summed E-state index contributed by atoms with van der Waals surface area (Å²) in [6, 6.07) is 0.534. The van der Waals surface area contributed by atoms with Gasteiger partial charge in [-0.1, -0.05) is 20.3 Å². The third-order valence-electron chi connectivity index (χ3n) is 4.28. The molecule has 0 aromatic heterocycles. The lowest BCUT2D eigenvalue weighted by atomic mass is 9.90. The first-order valence-electron chi connectivity index (χ1n) is 7.74. The Morgan fingerprint density at radius 3 is 2.61 bits per heavy atom. The van der Waals surface area contributed by atoms with Crippen LogP contribution >= 0.6 is 0 Å². The predicted octanol–water partition coefficient (Wildman–Crippen LogP) is 2.41. The van der Waals surface area contributed by atoms with Crippen molar-refractivity contribution in [2.45, 2.75) is 58.4 Å². The van der Waals surface area contributed by atoms with Crippen LogP contribution in [0.4, 0.5) is 0 Å². The Balaban J connectivity index is 1.85. The number of nitrogens with one attached hydrogen (secondary N) is 1. The van der Waals surface area contributed by atoms with Gasteiger partial charge in [-0.05, 0) is 44.1 Å². The van der Waals surface area contributed by atoms with Gasteiger partial charge < -0.3 is 10.2 Å². The molecule has 3 heteroatoms. The van der Waals surface area contributed by atoms with Gasteiger partial charge >= 0.3 is 0 Å². The number of hydrogen-bond donors (Lipinski definition) is 1. The van der Waals surface area contributed by atoms with Crippen molar-refractivity contribution in [2.24, 2.45) is 11.8 Å². The highest BCUT2D eigenvalue weighted by Gasteiger charge is 2.30. The van der Waals surface area contributed by atoms with E-state index >= 15 is 0 Å². The molecule has 1 saturated carbocycles. The molecule has 2 aliphatic rings. The minimum atomic E-state index is 0.328. The van der Waals surface area contributed by atoms with Crippen LogP contribution in [0, 0.1) is 11.8 Å². The molecule has 2 rings (SSSR count). The smallest absolute Gasteiger partial charge is 0.222 e. The van der Waals surface area contributed by atoms with Gasteiger partial charge in [-0.2, -0.15) is 0 Å². The zero-order chi connectivity index (χ0) is 13.0. The predicted molar refractivity (Wildman–Crippen MR) is 74.4 cm³/mol. The van der Waals surface area contributed by atoms with E-state index in [2.05, 4.69) is 17.1 Å². The lowest BCUT2D eigenvalue weighted by Crippen LogP contribution is -2.51. The average molecular weight is 252 g/mol. The summed E-state index contributed by atoms with van der Waals surface area (Å²) >= 11 is 0. The van der Waals surface area contributed by atoms with Crippen LogP contribution in [0.5, 0.6) is 0 Å². The lowest BCUT2D eigenvalue weighted by molar-refractivity contribution is -0.133. The van der Waals surface area contributed by atoms with Crippen molar-refractivity contribution in [3.8, 4) is 0 Å². The van der Waals surface area contributed by atoms with Crippen LogP contribution in [-0.4, -0.2) is 36.5 Å². The maximum atomic E-state index is 11.9. The van der Waals surface area contributed by atoms with Crippen molar-refractivity contribution in [3.63, 3.8) is 0 Å². The van der Waals surface area contributed by atoms with Crippen molar-refractivity contribution < 1.29 is 4.79 Å². The first-order valence-corrected chi connectivity index (χ1v) is 7.74. The standard InChI is InChI=1S/C15H28N2O/c1-3-5-13-8-14(16-9-12-6-7-12)11-17(10-13)15(18)4-2/h12-14,16H,3-11H2,1-2H3. The summed E-state index contributed by atoms with van der Waals surface area (Å²) < 4.78 is 0. The molecule has 1 saturated heterocycles. The molecule has 0 bridgehead atoms. The van der Waals surface area contributed by atoms with E-state index in [9.17, 15) is 4.79 Å². The fraction of sp³-hybridized carbons (Fsp3) is 0.933. The maximum absolute atomic E-state index is 11.9. The Morgan fingerprint density at radius 1 is 1.22 bits per heavy atom. The fourth-order valence-electron chi connectivity index (χ4n) is 3.05. The van der Waals surface area contributed by atoms with Crippen LogP contribution in [-0.2, 0) is 4.79 Å². The van der Waals surface area contributed by atoms with Crippen LogP contribution in [0.15, 0.2) is 0 Å². The van der Waals surface area contributed by atoms with Gasteiger partial charge in [0.25, 0.3) is 0 Å². The quantitative estimate of drug-likeness (QED) is 0.787. The molecule has 104 valence electrons. The number of carbonyl (C=O) groups excluding carboxylic acids is 1. The second-order valence-electron chi connectivity index (χ2n) is 6.09. The number of nitrogens with zero attached hydrogens (tertiary/aromatic N) is 1. The molecule has 1 aliphatic heterocycles. The molecule has 1 heterocycles. The highest BCUT2D eigenvalue weighted by atomic mass is 16.2. The summed E-state index contributed by atoms with van der Waals surface area (Å²) in [7, 11) is 0. The summed E-state index contributed by atoms with van der Waals surface area (Å²) in [5.74, 6) is 1.96. The molecule has 18 heavy (non-hydrogen) atoms. The normalized spacial score (nSPS) is 28.4. The summed E-state index contributed by atoms with van der Waals surface area (Å²) in [5, 5.41) is 3.69. The van der Waals surface area contributed by atoms with E-state index in [1.54, 1.807) is 0 Å². The second kappa shape index (κ2) is 6.55. The summed E-state index contributed by atoms with van der Waals surface area (Å²) in [5.41, 5.74) is 0. The molecule has 2 unspecified atom stereocenters. The highest BCUT2D eigenvalue weighted by molar-refractivity contribution is 5.76. The number of amides is 1. The Hall–Kier alpha value is -0.570. The van der Waals surface area contributed by atoms with Crippen molar-refractivity contribution in [1.82, 2.24) is 10.2 Å². The first kappa shape index (κ1) is 13.9. The third-order valence-corrected chi connectivity index (χ3v) is 4.28. The molecular formula is C15H28N2O. The lowest BCUT2D eigenvalue weighted by Gasteiger charge is -2.38. The van der Waals surface area contributed by atoms with Crippen LogP contribution in [0.2, 0.25) is 0 Å². The third kappa shape index (κ3) is 3.98. The Morgan fingerprint density at radius 2 is 2.00 bits per heavy atom. The maximum Gasteiger partial charge on any atom is 0.222 e. The summed E-state index contributed by atoms with van der Waals surface area (Å²) in [6.45, 7) is 7.30. The summed E-state index contributed by atoms with van der Waals surface area (Å²) in [4.78, 5) is 14.0. The molecule has 0 aromatic carbocycles. The summed E-state index contributed by atoms with van der Waals surface area (Å²) in [6.07, 6.45) is 7.19. The van der Waals surface area contributed by atoms with Gasteiger partial charge in [0.15, 0.2) is 0 Å². The monoisotopic (exact) mass is 252 g/mol.